The second-order valence-corrected chi connectivity index (χ2v) is 8.20. The van der Waals surface area contributed by atoms with Crippen LogP contribution in [0.15, 0.2) is 35.4 Å². The molecule has 0 fully saturated rings. The van der Waals surface area contributed by atoms with Crippen molar-refractivity contribution in [2.24, 2.45) is 7.05 Å². The first-order valence-corrected chi connectivity index (χ1v) is 8.83. The van der Waals surface area contributed by atoms with Crippen molar-refractivity contribution in [3.05, 3.63) is 41.0 Å². The summed E-state index contributed by atoms with van der Waals surface area (Å²) in [4.78, 5) is 13.4. The van der Waals surface area contributed by atoms with Crippen LogP contribution in [0.25, 0.3) is 0 Å². The van der Waals surface area contributed by atoms with Gasteiger partial charge in [0.1, 0.15) is 10.9 Å². The number of halogens is 1. The Kier molecular flexibility index (Phi) is 5.83. The lowest BCUT2D eigenvalue weighted by Gasteiger charge is -2.23. The van der Waals surface area contributed by atoms with E-state index in [4.69, 9.17) is 22.1 Å². The van der Waals surface area contributed by atoms with E-state index in [0.29, 0.717) is 17.3 Å². The van der Waals surface area contributed by atoms with Gasteiger partial charge in [0, 0.05) is 18.3 Å². The van der Waals surface area contributed by atoms with Crippen LogP contribution in [0.4, 0.5) is 5.82 Å². The van der Waals surface area contributed by atoms with Gasteiger partial charge >= 0.3 is 5.97 Å². The zero-order chi connectivity index (χ0) is 17.9. The Balaban J connectivity index is 2.21. The van der Waals surface area contributed by atoms with Crippen molar-refractivity contribution in [2.45, 2.75) is 42.9 Å². The lowest BCUT2D eigenvalue weighted by Crippen LogP contribution is -2.31. The quantitative estimate of drug-likeness (QED) is 0.644. The number of carbonyl (C=O) groups is 1. The van der Waals surface area contributed by atoms with Gasteiger partial charge in [-0.15, -0.1) is 11.8 Å². The summed E-state index contributed by atoms with van der Waals surface area (Å²) in [6.07, 6.45) is 2.32. The minimum atomic E-state index is -0.545. The monoisotopic (exact) mass is 367 g/mol. The van der Waals surface area contributed by atoms with E-state index < -0.39 is 10.9 Å². The third-order valence-corrected chi connectivity index (χ3v) is 4.56. The third-order valence-electron chi connectivity index (χ3n) is 3.10. The summed E-state index contributed by atoms with van der Waals surface area (Å²) in [5, 5.41) is 4.36. The standard InChI is InChI=1S/C17H22ClN3O2S/c1-17(2,3)23-16(22)13(9-11-5-7-12(18)8-6-11)24-14-10-21(4)20-15(14)19/h5-8,10,13H,9H2,1-4H3,(H2,19,20). The van der Waals surface area contributed by atoms with Crippen LogP contribution in [0.2, 0.25) is 5.02 Å². The van der Waals surface area contributed by atoms with Crippen molar-refractivity contribution in [1.82, 2.24) is 9.78 Å². The number of nitrogens with two attached hydrogens (primary N) is 1. The normalized spacial score (nSPS) is 12.9. The molecule has 1 unspecified atom stereocenters. The molecule has 1 heterocycles. The van der Waals surface area contributed by atoms with E-state index in [9.17, 15) is 4.79 Å². The van der Waals surface area contributed by atoms with E-state index in [1.165, 1.54) is 11.8 Å². The molecule has 0 spiro atoms. The van der Waals surface area contributed by atoms with Gasteiger partial charge in [-0.3, -0.25) is 9.48 Å². The largest absolute Gasteiger partial charge is 0.459 e. The number of aromatic nitrogens is 2. The Hall–Kier alpha value is -1.66. The molecule has 1 aromatic heterocycles. The van der Waals surface area contributed by atoms with E-state index in [1.54, 1.807) is 17.9 Å². The number of anilines is 1. The number of aryl methyl sites for hydroxylation is 1. The van der Waals surface area contributed by atoms with Crippen LogP contribution in [0.1, 0.15) is 26.3 Å². The van der Waals surface area contributed by atoms with E-state index in [2.05, 4.69) is 5.10 Å². The molecule has 0 aliphatic carbocycles. The van der Waals surface area contributed by atoms with Crippen molar-refractivity contribution < 1.29 is 9.53 Å². The molecular formula is C17H22ClN3O2S. The Morgan fingerprint density at radius 2 is 2.00 bits per heavy atom. The van der Waals surface area contributed by atoms with Crippen molar-refractivity contribution in [2.75, 3.05) is 5.73 Å². The lowest BCUT2D eigenvalue weighted by atomic mass is 10.1. The van der Waals surface area contributed by atoms with Crippen LogP contribution < -0.4 is 5.73 Å². The van der Waals surface area contributed by atoms with Gasteiger partial charge in [-0.2, -0.15) is 5.10 Å². The van der Waals surface area contributed by atoms with Crippen LogP contribution in [-0.2, 0) is 23.0 Å². The number of nitrogen functional groups attached to an aromatic ring is 1. The fraction of sp³-hybridized carbons (Fsp3) is 0.412. The number of hydrogen-bond acceptors (Lipinski definition) is 5. The molecule has 2 N–H and O–H groups in total. The number of hydrogen-bond donors (Lipinski definition) is 1. The van der Waals surface area contributed by atoms with Crippen molar-refractivity contribution in [3.8, 4) is 0 Å². The minimum Gasteiger partial charge on any atom is -0.459 e. The van der Waals surface area contributed by atoms with Gasteiger partial charge in [0.2, 0.25) is 0 Å². The fourth-order valence-corrected chi connectivity index (χ4v) is 3.33. The van der Waals surface area contributed by atoms with Crippen molar-refractivity contribution in [3.63, 3.8) is 0 Å². The van der Waals surface area contributed by atoms with E-state index >= 15 is 0 Å². The van der Waals surface area contributed by atoms with Gasteiger partial charge in [-0.05, 0) is 44.9 Å². The van der Waals surface area contributed by atoms with E-state index in [0.717, 1.165) is 10.5 Å². The van der Waals surface area contributed by atoms with Gasteiger partial charge in [-0.25, -0.2) is 0 Å². The Bertz CT molecular complexity index is 708. The molecule has 0 radical (unpaired) electrons. The molecule has 1 atom stereocenters. The average Bonchev–Trinajstić information content (AvgIpc) is 2.76. The van der Waals surface area contributed by atoms with Gasteiger partial charge in [0.15, 0.2) is 5.82 Å². The molecule has 0 bridgehead atoms. The second kappa shape index (κ2) is 7.49. The number of carbonyl (C=O) groups excluding carboxylic acids is 1. The molecule has 2 rings (SSSR count). The highest BCUT2D eigenvalue weighted by molar-refractivity contribution is 8.00. The summed E-state index contributed by atoms with van der Waals surface area (Å²) in [6, 6.07) is 7.44. The summed E-state index contributed by atoms with van der Waals surface area (Å²) in [5.74, 6) is 0.137. The van der Waals surface area contributed by atoms with Crippen molar-refractivity contribution >= 4 is 35.1 Å². The molecule has 5 nitrogen and oxygen atoms in total. The zero-order valence-electron chi connectivity index (χ0n) is 14.2. The highest BCUT2D eigenvalue weighted by Gasteiger charge is 2.27. The van der Waals surface area contributed by atoms with Gasteiger partial charge in [0.05, 0.1) is 4.90 Å². The number of nitrogens with zero attached hydrogens (tertiary/aromatic N) is 2. The third kappa shape index (κ3) is 5.46. The molecular weight excluding hydrogens is 346 g/mol. The molecule has 2 aromatic rings. The summed E-state index contributed by atoms with van der Waals surface area (Å²) < 4.78 is 7.19. The predicted octanol–water partition coefficient (Wildman–Crippen LogP) is 3.70. The Morgan fingerprint density at radius 1 is 1.38 bits per heavy atom. The highest BCUT2D eigenvalue weighted by atomic mass is 35.5. The predicted molar refractivity (Wildman–Crippen MR) is 98.3 cm³/mol. The number of ether oxygens (including phenoxy) is 1. The maximum atomic E-state index is 12.6. The van der Waals surface area contributed by atoms with Gasteiger partial charge < -0.3 is 10.5 Å². The number of benzene rings is 1. The molecule has 0 amide bonds. The average molecular weight is 368 g/mol. The second-order valence-electron chi connectivity index (χ2n) is 6.52. The Morgan fingerprint density at radius 3 is 2.50 bits per heavy atom. The maximum Gasteiger partial charge on any atom is 0.320 e. The molecule has 7 heteroatoms. The van der Waals surface area contributed by atoms with Gasteiger partial charge in [0.25, 0.3) is 0 Å². The minimum absolute atomic E-state index is 0.272. The molecule has 24 heavy (non-hydrogen) atoms. The Labute approximate surface area is 151 Å². The van der Waals surface area contributed by atoms with E-state index in [-0.39, 0.29) is 5.97 Å². The molecule has 0 aliphatic heterocycles. The van der Waals surface area contributed by atoms with Crippen LogP contribution in [-0.4, -0.2) is 26.6 Å². The molecule has 0 saturated heterocycles. The van der Waals surface area contributed by atoms with Crippen LogP contribution in [0.5, 0.6) is 0 Å². The van der Waals surface area contributed by atoms with Crippen LogP contribution >= 0.6 is 23.4 Å². The summed E-state index contributed by atoms with van der Waals surface area (Å²) in [5.41, 5.74) is 6.37. The van der Waals surface area contributed by atoms with Crippen LogP contribution in [0.3, 0.4) is 0 Å². The van der Waals surface area contributed by atoms with Crippen LogP contribution in [0, 0.1) is 0 Å². The lowest BCUT2D eigenvalue weighted by molar-refractivity contribution is -0.154. The van der Waals surface area contributed by atoms with E-state index in [1.807, 2.05) is 45.0 Å². The maximum absolute atomic E-state index is 12.6. The first-order valence-electron chi connectivity index (χ1n) is 7.57. The molecule has 1 aromatic carbocycles. The molecule has 130 valence electrons. The summed E-state index contributed by atoms with van der Waals surface area (Å²) in [7, 11) is 1.79. The fourth-order valence-electron chi connectivity index (χ4n) is 2.10. The zero-order valence-corrected chi connectivity index (χ0v) is 15.8. The summed E-state index contributed by atoms with van der Waals surface area (Å²) in [6.45, 7) is 5.56. The number of esters is 1. The molecule has 0 saturated carbocycles. The first-order chi connectivity index (χ1) is 11.1. The SMILES string of the molecule is Cn1cc(SC(Cc2ccc(Cl)cc2)C(=O)OC(C)(C)C)c(N)n1. The summed E-state index contributed by atoms with van der Waals surface area (Å²) >= 11 is 7.29. The van der Waals surface area contributed by atoms with Gasteiger partial charge in [-0.1, -0.05) is 23.7 Å². The highest BCUT2D eigenvalue weighted by Crippen LogP contribution is 2.31. The first kappa shape index (κ1) is 18.7. The molecule has 0 aliphatic rings. The number of rotatable bonds is 5. The topological polar surface area (TPSA) is 70.1 Å². The van der Waals surface area contributed by atoms with Crippen molar-refractivity contribution in [1.29, 1.82) is 0 Å². The smallest absolute Gasteiger partial charge is 0.320 e. The number of thioether (sulfide) groups is 1.